The summed E-state index contributed by atoms with van der Waals surface area (Å²) < 4.78 is 0. The molecule has 0 radical (unpaired) electrons. The Morgan fingerprint density at radius 2 is 2.18 bits per heavy atom. The molecule has 0 spiro atoms. The lowest BCUT2D eigenvalue weighted by Gasteiger charge is -2.28. The lowest BCUT2D eigenvalue weighted by molar-refractivity contribution is 0.0955. The normalized spacial score (nSPS) is 21.3. The molecule has 0 aliphatic heterocycles. The highest BCUT2D eigenvalue weighted by Crippen LogP contribution is 2.24. The van der Waals surface area contributed by atoms with Crippen LogP contribution < -0.4 is 10.6 Å². The number of carbonyl (C=O) groups excluding carboxylic acids is 1. The van der Waals surface area contributed by atoms with Crippen LogP contribution in [0.2, 0.25) is 0 Å². The van der Waals surface area contributed by atoms with E-state index in [2.05, 4.69) is 15.6 Å². The van der Waals surface area contributed by atoms with Gasteiger partial charge in [0.05, 0.1) is 12.1 Å². The maximum absolute atomic E-state index is 12.1. The Hall–Kier alpha value is -1.92. The molecular formula is C16H19N3O2S. The van der Waals surface area contributed by atoms with E-state index >= 15 is 0 Å². The number of aromatic nitrogens is 1. The van der Waals surface area contributed by atoms with Gasteiger partial charge in [0, 0.05) is 22.8 Å². The van der Waals surface area contributed by atoms with Crippen molar-refractivity contribution in [2.24, 2.45) is 0 Å². The summed E-state index contributed by atoms with van der Waals surface area (Å²) in [4.78, 5) is 16.3. The highest BCUT2D eigenvalue weighted by atomic mass is 32.1. The summed E-state index contributed by atoms with van der Waals surface area (Å²) in [6.07, 6.45) is 4.97. The summed E-state index contributed by atoms with van der Waals surface area (Å²) in [7, 11) is 0. The molecule has 1 saturated carbocycles. The van der Waals surface area contributed by atoms with Crippen molar-refractivity contribution >= 4 is 23.1 Å². The van der Waals surface area contributed by atoms with Crippen LogP contribution in [0.3, 0.4) is 0 Å². The molecule has 1 fully saturated rings. The Labute approximate surface area is 133 Å². The quantitative estimate of drug-likeness (QED) is 0.813. The van der Waals surface area contributed by atoms with Crippen LogP contribution in [-0.4, -0.2) is 28.3 Å². The minimum atomic E-state index is -0.443. The molecule has 2 aromatic rings. The van der Waals surface area contributed by atoms with Gasteiger partial charge in [0.1, 0.15) is 5.01 Å². The second kappa shape index (κ2) is 6.89. The fourth-order valence-corrected chi connectivity index (χ4v) is 3.35. The fourth-order valence-electron chi connectivity index (χ4n) is 2.71. The van der Waals surface area contributed by atoms with Crippen molar-refractivity contribution in [3.8, 4) is 10.6 Å². The van der Waals surface area contributed by atoms with Crippen LogP contribution in [0.4, 0.5) is 10.5 Å². The molecule has 1 aliphatic rings. The van der Waals surface area contributed by atoms with E-state index in [4.69, 9.17) is 0 Å². The number of thiazole rings is 1. The van der Waals surface area contributed by atoms with E-state index in [1.807, 2.05) is 29.6 Å². The molecule has 0 bridgehead atoms. The van der Waals surface area contributed by atoms with Crippen molar-refractivity contribution < 1.29 is 9.90 Å². The lowest BCUT2D eigenvalue weighted by atomic mass is 9.93. The van der Waals surface area contributed by atoms with E-state index in [1.165, 1.54) is 0 Å². The predicted octanol–water partition coefficient (Wildman–Crippen LogP) is 3.24. The third-order valence-electron chi connectivity index (χ3n) is 3.85. The molecule has 1 aromatic heterocycles. The monoisotopic (exact) mass is 317 g/mol. The first-order valence-corrected chi connectivity index (χ1v) is 8.36. The molecule has 22 heavy (non-hydrogen) atoms. The number of rotatable bonds is 3. The van der Waals surface area contributed by atoms with E-state index in [0.717, 1.165) is 41.9 Å². The summed E-state index contributed by atoms with van der Waals surface area (Å²) in [6, 6.07) is 7.16. The minimum absolute atomic E-state index is 0.157. The van der Waals surface area contributed by atoms with Gasteiger partial charge < -0.3 is 15.7 Å². The van der Waals surface area contributed by atoms with Crippen molar-refractivity contribution in [2.45, 2.75) is 37.8 Å². The number of carbonyl (C=O) groups is 1. The topological polar surface area (TPSA) is 74.2 Å². The number of anilines is 1. The molecule has 2 atom stereocenters. The Kier molecular flexibility index (Phi) is 4.70. The van der Waals surface area contributed by atoms with E-state index < -0.39 is 6.10 Å². The average Bonchev–Trinajstić information content (AvgIpc) is 3.04. The molecular weight excluding hydrogens is 298 g/mol. The lowest BCUT2D eigenvalue weighted by Crippen LogP contribution is -2.46. The number of urea groups is 1. The highest BCUT2D eigenvalue weighted by Gasteiger charge is 2.24. The SMILES string of the molecule is O=C(Nc1cccc(-c2nccs2)c1)NC1CCCCC1O. The summed E-state index contributed by atoms with van der Waals surface area (Å²) in [5.74, 6) is 0. The molecule has 2 unspecified atom stereocenters. The standard InChI is InChI=1S/C16H19N3O2S/c20-14-7-2-1-6-13(14)19-16(21)18-12-5-3-4-11(10-12)15-17-8-9-22-15/h3-5,8-10,13-14,20H,1-2,6-7H2,(H2,18,19,21). The maximum Gasteiger partial charge on any atom is 0.319 e. The highest BCUT2D eigenvalue weighted by molar-refractivity contribution is 7.13. The van der Waals surface area contributed by atoms with Crippen molar-refractivity contribution in [1.82, 2.24) is 10.3 Å². The van der Waals surface area contributed by atoms with Gasteiger partial charge in [0.2, 0.25) is 0 Å². The zero-order chi connectivity index (χ0) is 15.4. The number of nitrogens with one attached hydrogen (secondary N) is 2. The first-order chi connectivity index (χ1) is 10.7. The first-order valence-electron chi connectivity index (χ1n) is 7.48. The number of aliphatic hydroxyl groups excluding tert-OH is 1. The van der Waals surface area contributed by atoms with Crippen LogP contribution in [0.5, 0.6) is 0 Å². The van der Waals surface area contributed by atoms with Gasteiger partial charge in [-0.3, -0.25) is 0 Å². The van der Waals surface area contributed by atoms with E-state index in [-0.39, 0.29) is 12.1 Å². The summed E-state index contributed by atoms with van der Waals surface area (Å²) in [5.41, 5.74) is 1.70. The van der Waals surface area contributed by atoms with Gasteiger partial charge in [0.15, 0.2) is 0 Å². The molecule has 116 valence electrons. The number of aliphatic hydroxyl groups is 1. The van der Waals surface area contributed by atoms with Gasteiger partial charge in [-0.15, -0.1) is 11.3 Å². The Balaban J connectivity index is 1.63. The number of hydrogen-bond donors (Lipinski definition) is 3. The van der Waals surface area contributed by atoms with E-state index in [1.54, 1.807) is 17.5 Å². The number of nitrogens with zero attached hydrogens (tertiary/aromatic N) is 1. The molecule has 2 amide bonds. The summed E-state index contributed by atoms with van der Waals surface area (Å²) in [6.45, 7) is 0. The second-order valence-electron chi connectivity index (χ2n) is 5.47. The van der Waals surface area contributed by atoms with Crippen LogP contribution in [0.1, 0.15) is 25.7 Å². The number of amides is 2. The van der Waals surface area contributed by atoms with E-state index in [0.29, 0.717) is 0 Å². The first kappa shape index (κ1) is 15.0. The zero-order valence-electron chi connectivity index (χ0n) is 12.2. The van der Waals surface area contributed by atoms with Crippen LogP contribution in [0, 0.1) is 0 Å². The van der Waals surface area contributed by atoms with Gasteiger partial charge in [-0.05, 0) is 25.0 Å². The fraction of sp³-hybridized carbons (Fsp3) is 0.375. The Morgan fingerprint density at radius 1 is 1.32 bits per heavy atom. The van der Waals surface area contributed by atoms with Crippen LogP contribution in [-0.2, 0) is 0 Å². The van der Waals surface area contributed by atoms with Crippen molar-refractivity contribution in [2.75, 3.05) is 5.32 Å². The van der Waals surface area contributed by atoms with Gasteiger partial charge in [-0.2, -0.15) is 0 Å². The molecule has 6 heteroatoms. The summed E-state index contributed by atoms with van der Waals surface area (Å²) >= 11 is 1.56. The Morgan fingerprint density at radius 3 is 2.95 bits per heavy atom. The largest absolute Gasteiger partial charge is 0.391 e. The molecule has 3 rings (SSSR count). The average molecular weight is 317 g/mol. The van der Waals surface area contributed by atoms with Crippen molar-refractivity contribution in [3.63, 3.8) is 0 Å². The Bertz CT molecular complexity index is 630. The smallest absolute Gasteiger partial charge is 0.319 e. The molecule has 3 N–H and O–H groups in total. The number of benzene rings is 1. The zero-order valence-corrected chi connectivity index (χ0v) is 13.0. The van der Waals surface area contributed by atoms with Crippen LogP contribution in [0.15, 0.2) is 35.8 Å². The van der Waals surface area contributed by atoms with Gasteiger partial charge in [-0.1, -0.05) is 25.0 Å². The van der Waals surface area contributed by atoms with Crippen LogP contribution >= 0.6 is 11.3 Å². The predicted molar refractivity (Wildman–Crippen MR) is 88.0 cm³/mol. The molecule has 1 aromatic carbocycles. The van der Waals surface area contributed by atoms with Crippen molar-refractivity contribution in [1.29, 1.82) is 0 Å². The van der Waals surface area contributed by atoms with Gasteiger partial charge in [0.25, 0.3) is 0 Å². The van der Waals surface area contributed by atoms with Gasteiger partial charge in [-0.25, -0.2) is 9.78 Å². The van der Waals surface area contributed by atoms with Gasteiger partial charge >= 0.3 is 6.03 Å². The molecule has 1 aliphatic carbocycles. The van der Waals surface area contributed by atoms with E-state index in [9.17, 15) is 9.90 Å². The molecule has 1 heterocycles. The minimum Gasteiger partial charge on any atom is -0.391 e. The number of hydrogen-bond acceptors (Lipinski definition) is 4. The second-order valence-corrected chi connectivity index (χ2v) is 6.37. The summed E-state index contributed by atoms with van der Waals surface area (Å²) in [5, 5.41) is 18.4. The van der Waals surface area contributed by atoms with Crippen molar-refractivity contribution in [3.05, 3.63) is 35.8 Å². The molecule has 5 nitrogen and oxygen atoms in total. The maximum atomic E-state index is 12.1. The van der Waals surface area contributed by atoms with Crippen LogP contribution in [0.25, 0.3) is 10.6 Å². The molecule has 0 saturated heterocycles. The third-order valence-corrected chi connectivity index (χ3v) is 4.67. The third kappa shape index (κ3) is 3.64.